The molecule has 19 heavy (non-hydrogen) atoms. The zero-order valence-electron chi connectivity index (χ0n) is 12.1. The lowest BCUT2D eigenvalue weighted by Gasteiger charge is -2.31. The van der Waals surface area contributed by atoms with Crippen LogP contribution in [0, 0.1) is 5.92 Å². The van der Waals surface area contributed by atoms with E-state index in [0.29, 0.717) is 32.2 Å². The molecule has 6 nitrogen and oxygen atoms in total. The average molecular weight is 271 g/mol. The summed E-state index contributed by atoms with van der Waals surface area (Å²) in [5.41, 5.74) is 0. The van der Waals surface area contributed by atoms with Crippen molar-refractivity contribution in [3.63, 3.8) is 0 Å². The van der Waals surface area contributed by atoms with Crippen LogP contribution in [0.2, 0.25) is 0 Å². The standard InChI is InChI=1S/C13H25N3O3/c1-4-19-13(18)16-7-5-11(6-8-16)15-12(17)14-9-10(2)3/h10-11H,4-9H2,1-3H3,(H2,14,15,17). The molecule has 3 amide bonds. The molecule has 1 rings (SSSR count). The van der Waals surface area contributed by atoms with Gasteiger partial charge in [0.05, 0.1) is 6.61 Å². The highest BCUT2D eigenvalue weighted by atomic mass is 16.6. The summed E-state index contributed by atoms with van der Waals surface area (Å²) < 4.78 is 4.95. The first-order valence-electron chi connectivity index (χ1n) is 6.99. The first-order chi connectivity index (χ1) is 9.02. The SMILES string of the molecule is CCOC(=O)N1CCC(NC(=O)NCC(C)C)CC1. The fourth-order valence-electron chi connectivity index (χ4n) is 1.95. The fourth-order valence-corrected chi connectivity index (χ4v) is 1.95. The summed E-state index contributed by atoms with van der Waals surface area (Å²) in [4.78, 5) is 24.8. The van der Waals surface area contributed by atoms with Crippen LogP contribution in [0.5, 0.6) is 0 Å². The molecule has 0 aliphatic carbocycles. The molecule has 6 heteroatoms. The summed E-state index contributed by atoms with van der Waals surface area (Å²) in [5, 5.41) is 5.77. The largest absolute Gasteiger partial charge is 0.450 e. The van der Waals surface area contributed by atoms with Crippen LogP contribution in [0.15, 0.2) is 0 Å². The minimum Gasteiger partial charge on any atom is -0.450 e. The molecule has 1 saturated heterocycles. The van der Waals surface area contributed by atoms with Gasteiger partial charge in [0, 0.05) is 25.7 Å². The third-order valence-electron chi connectivity index (χ3n) is 3.03. The third kappa shape index (κ3) is 5.81. The number of carbonyl (C=O) groups is 2. The van der Waals surface area contributed by atoms with Crippen molar-refractivity contribution < 1.29 is 14.3 Å². The van der Waals surface area contributed by atoms with E-state index in [1.54, 1.807) is 11.8 Å². The van der Waals surface area contributed by atoms with E-state index in [1.807, 2.05) is 0 Å². The molecule has 0 aromatic heterocycles. The summed E-state index contributed by atoms with van der Waals surface area (Å²) in [6.07, 6.45) is 1.28. The summed E-state index contributed by atoms with van der Waals surface area (Å²) >= 11 is 0. The van der Waals surface area contributed by atoms with Crippen molar-refractivity contribution in [3.05, 3.63) is 0 Å². The smallest absolute Gasteiger partial charge is 0.409 e. The van der Waals surface area contributed by atoms with E-state index >= 15 is 0 Å². The van der Waals surface area contributed by atoms with Crippen LogP contribution in [0.3, 0.4) is 0 Å². The zero-order valence-corrected chi connectivity index (χ0v) is 12.1. The van der Waals surface area contributed by atoms with E-state index in [1.165, 1.54) is 0 Å². The maximum Gasteiger partial charge on any atom is 0.409 e. The molecule has 0 bridgehead atoms. The van der Waals surface area contributed by atoms with Gasteiger partial charge in [-0.15, -0.1) is 0 Å². The number of amides is 3. The number of urea groups is 1. The number of nitrogens with one attached hydrogen (secondary N) is 2. The third-order valence-corrected chi connectivity index (χ3v) is 3.03. The molecule has 2 N–H and O–H groups in total. The number of rotatable bonds is 4. The molecule has 1 aliphatic rings. The van der Waals surface area contributed by atoms with Crippen LogP contribution in [-0.4, -0.2) is 49.3 Å². The van der Waals surface area contributed by atoms with Gasteiger partial charge in [-0.1, -0.05) is 13.8 Å². The Morgan fingerprint density at radius 2 is 1.95 bits per heavy atom. The topological polar surface area (TPSA) is 70.7 Å². The highest BCUT2D eigenvalue weighted by Gasteiger charge is 2.24. The van der Waals surface area contributed by atoms with Gasteiger partial charge in [-0.25, -0.2) is 9.59 Å². The Morgan fingerprint density at radius 3 is 2.47 bits per heavy atom. The van der Waals surface area contributed by atoms with Crippen molar-refractivity contribution in [2.24, 2.45) is 5.92 Å². The Kier molecular flexibility index (Phi) is 6.45. The van der Waals surface area contributed by atoms with E-state index in [0.717, 1.165) is 12.8 Å². The minimum atomic E-state index is -0.259. The molecular weight excluding hydrogens is 246 g/mol. The fraction of sp³-hybridized carbons (Fsp3) is 0.846. The molecule has 0 spiro atoms. The summed E-state index contributed by atoms with van der Waals surface area (Å²) in [5.74, 6) is 0.441. The van der Waals surface area contributed by atoms with Gasteiger partial charge in [-0.3, -0.25) is 0 Å². The van der Waals surface area contributed by atoms with Gasteiger partial charge in [0.25, 0.3) is 0 Å². The van der Waals surface area contributed by atoms with E-state index in [2.05, 4.69) is 24.5 Å². The van der Waals surface area contributed by atoms with Crippen LogP contribution >= 0.6 is 0 Å². The molecule has 0 radical (unpaired) electrons. The van der Waals surface area contributed by atoms with Crippen molar-refractivity contribution in [2.75, 3.05) is 26.2 Å². The van der Waals surface area contributed by atoms with E-state index in [-0.39, 0.29) is 18.2 Å². The van der Waals surface area contributed by atoms with E-state index in [9.17, 15) is 9.59 Å². The van der Waals surface area contributed by atoms with Gasteiger partial charge in [0.1, 0.15) is 0 Å². The van der Waals surface area contributed by atoms with Crippen molar-refractivity contribution in [3.8, 4) is 0 Å². The van der Waals surface area contributed by atoms with Crippen LogP contribution in [-0.2, 0) is 4.74 Å². The Balaban J connectivity index is 2.22. The van der Waals surface area contributed by atoms with Crippen LogP contribution in [0.4, 0.5) is 9.59 Å². The first-order valence-corrected chi connectivity index (χ1v) is 6.99. The van der Waals surface area contributed by atoms with Crippen molar-refractivity contribution >= 4 is 12.1 Å². The molecule has 1 fully saturated rings. The zero-order chi connectivity index (χ0) is 14.3. The highest BCUT2D eigenvalue weighted by molar-refractivity contribution is 5.74. The predicted molar refractivity (Wildman–Crippen MR) is 73.0 cm³/mol. The summed E-state index contributed by atoms with van der Waals surface area (Å²) in [7, 11) is 0. The molecule has 1 heterocycles. The molecule has 0 saturated carbocycles. The number of nitrogens with zero attached hydrogens (tertiary/aromatic N) is 1. The molecule has 0 aromatic rings. The highest BCUT2D eigenvalue weighted by Crippen LogP contribution is 2.11. The summed E-state index contributed by atoms with van der Waals surface area (Å²) in [6, 6.07) is 0.0149. The first kappa shape index (κ1) is 15.6. The number of hydrogen-bond acceptors (Lipinski definition) is 3. The van der Waals surface area contributed by atoms with Gasteiger partial charge >= 0.3 is 12.1 Å². The van der Waals surface area contributed by atoms with Gasteiger partial charge in [0.2, 0.25) is 0 Å². The molecular formula is C13H25N3O3. The van der Waals surface area contributed by atoms with Crippen LogP contribution in [0.1, 0.15) is 33.6 Å². The van der Waals surface area contributed by atoms with Crippen molar-refractivity contribution in [1.29, 1.82) is 0 Å². The molecule has 0 atom stereocenters. The minimum absolute atomic E-state index is 0.122. The van der Waals surface area contributed by atoms with Crippen LogP contribution in [0.25, 0.3) is 0 Å². The van der Waals surface area contributed by atoms with E-state index in [4.69, 9.17) is 4.74 Å². The number of ether oxygens (including phenoxy) is 1. The van der Waals surface area contributed by atoms with Crippen molar-refractivity contribution in [2.45, 2.75) is 39.7 Å². The Morgan fingerprint density at radius 1 is 1.32 bits per heavy atom. The van der Waals surface area contributed by atoms with Gasteiger partial charge in [-0.2, -0.15) is 0 Å². The quantitative estimate of drug-likeness (QED) is 0.815. The molecule has 1 aliphatic heterocycles. The second-order valence-corrected chi connectivity index (χ2v) is 5.21. The normalized spacial score (nSPS) is 16.3. The molecule has 0 unspecified atom stereocenters. The second kappa shape index (κ2) is 7.86. The second-order valence-electron chi connectivity index (χ2n) is 5.21. The summed E-state index contributed by atoms with van der Waals surface area (Å²) in [6.45, 7) is 8.24. The number of likely N-dealkylation sites (tertiary alicyclic amines) is 1. The lowest BCUT2D eigenvalue weighted by atomic mass is 10.1. The number of hydrogen-bond donors (Lipinski definition) is 2. The lowest BCUT2D eigenvalue weighted by Crippen LogP contribution is -2.49. The van der Waals surface area contributed by atoms with Crippen molar-refractivity contribution in [1.82, 2.24) is 15.5 Å². The number of piperidine rings is 1. The average Bonchev–Trinajstić information content (AvgIpc) is 2.37. The van der Waals surface area contributed by atoms with Crippen LogP contribution < -0.4 is 10.6 Å². The monoisotopic (exact) mass is 271 g/mol. The maximum atomic E-state index is 11.6. The van der Waals surface area contributed by atoms with E-state index < -0.39 is 0 Å². The number of carbonyl (C=O) groups excluding carboxylic acids is 2. The molecule has 0 aromatic carbocycles. The Bertz CT molecular complexity index is 300. The Labute approximate surface area is 114 Å². The maximum absolute atomic E-state index is 11.6. The molecule has 110 valence electrons. The van der Waals surface area contributed by atoms with Gasteiger partial charge in [-0.05, 0) is 25.7 Å². The lowest BCUT2D eigenvalue weighted by molar-refractivity contribution is 0.0957. The Hall–Kier alpha value is -1.46. The van der Waals surface area contributed by atoms with Gasteiger partial charge in [0.15, 0.2) is 0 Å². The van der Waals surface area contributed by atoms with Gasteiger partial charge < -0.3 is 20.3 Å². The predicted octanol–water partition coefficient (Wildman–Crippen LogP) is 1.56.